The van der Waals surface area contributed by atoms with Gasteiger partial charge in [-0.1, -0.05) is 34.9 Å². The van der Waals surface area contributed by atoms with E-state index in [2.05, 4.69) is 11.4 Å². The third-order valence-electron chi connectivity index (χ3n) is 6.31. The van der Waals surface area contributed by atoms with Crippen molar-refractivity contribution in [3.8, 4) is 0 Å². The number of carbonyl (C=O) groups excluding carboxylic acids is 4. The van der Waals surface area contributed by atoms with Gasteiger partial charge in [0.1, 0.15) is 0 Å². The standard InChI is InChI=1S/C27H26Cl2N2O5/c28-21-11-8-19(14-22(21)29)24(32)16-36-27(35)18-6-9-20(10-7-18)31-25(33)15-23(26(31)34)30-13-12-17-4-2-1-3-5-17/h4,6-11,14,23,30H,1-3,5,12-13,15-16H2. The SMILES string of the molecule is O=C(COC(=O)c1ccc(N2C(=O)CC(NCCC3=CCCCC3)C2=O)cc1)c1ccc(Cl)c(Cl)c1. The van der Waals surface area contributed by atoms with Crippen molar-refractivity contribution in [2.24, 2.45) is 0 Å². The highest BCUT2D eigenvalue weighted by atomic mass is 35.5. The van der Waals surface area contributed by atoms with Crippen molar-refractivity contribution in [3.63, 3.8) is 0 Å². The third kappa shape index (κ3) is 6.22. The predicted molar refractivity (Wildman–Crippen MR) is 138 cm³/mol. The van der Waals surface area contributed by atoms with Crippen LogP contribution in [0.25, 0.3) is 0 Å². The van der Waals surface area contributed by atoms with Gasteiger partial charge in [0.25, 0.3) is 5.91 Å². The number of benzene rings is 2. The van der Waals surface area contributed by atoms with Crippen LogP contribution in [0.4, 0.5) is 5.69 Å². The van der Waals surface area contributed by atoms with Crippen molar-refractivity contribution in [2.45, 2.75) is 44.6 Å². The van der Waals surface area contributed by atoms with Crippen molar-refractivity contribution in [1.82, 2.24) is 5.32 Å². The summed E-state index contributed by atoms with van der Waals surface area (Å²) in [6, 6.07) is 9.79. The summed E-state index contributed by atoms with van der Waals surface area (Å²) in [5.74, 6) is -1.73. The second-order valence-electron chi connectivity index (χ2n) is 8.81. The van der Waals surface area contributed by atoms with Gasteiger partial charge in [-0.2, -0.15) is 0 Å². The number of hydrogen-bond acceptors (Lipinski definition) is 6. The van der Waals surface area contributed by atoms with Gasteiger partial charge < -0.3 is 10.1 Å². The number of nitrogens with zero attached hydrogens (tertiary/aromatic N) is 1. The first kappa shape index (κ1) is 26.1. The molecule has 0 saturated carbocycles. The number of rotatable bonds is 9. The number of hydrogen-bond donors (Lipinski definition) is 1. The summed E-state index contributed by atoms with van der Waals surface area (Å²) in [6.45, 7) is 0.182. The Morgan fingerprint density at radius 2 is 1.75 bits per heavy atom. The Morgan fingerprint density at radius 1 is 1.00 bits per heavy atom. The molecule has 1 fully saturated rings. The van der Waals surface area contributed by atoms with Gasteiger partial charge in [0.05, 0.1) is 33.8 Å². The Morgan fingerprint density at radius 3 is 2.44 bits per heavy atom. The number of Topliss-reactive ketones (excluding diaryl/α,β-unsaturated/α-hetero) is 1. The molecule has 1 atom stereocenters. The number of halogens is 2. The minimum Gasteiger partial charge on any atom is -0.454 e. The molecule has 2 aromatic carbocycles. The summed E-state index contributed by atoms with van der Waals surface area (Å²) in [4.78, 5) is 51.2. The van der Waals surface area contributed by atoms with Crippen LogP contribution in [0.2, 0.25) is 10.0 Å². The highest BCUT2D eigenvalue weighted by Gasteiger charge is 2.39. The quantitative estimate of drug-likeness (QED) is 0.209. The molecule has 1 aliphatic heterocycles. The lowest BCUT2D eigenvalue weighted by Crippen LogP contribution is -2.39. The van der Waals surface area contributed by atoms with Gasteiger partial charge >= 0.3 is 5.97 Å². The van der Waals surface area contributed by atoms with Gasteiger partial charge in [-0.3, -0.25) is 14.4 Å². The molecular weight excluding hydrogens is 503 g/mol. The van der Waals surface area contributed by atoms with Crippen LogP contribution in [-0.4, -0.2) is 42.8 Å². The minimum atomic E-state index is -0.703. The van der Waals surface area contributed by atoms with Gasteiger partial charge in [0.15, 0.2) is 12.4 Å². The molecule has 2 aliphatic rings. The molecule has 0 aromatic heterocycles. The van der Waals surface area contributed by atoms with Gasteiger partial charge in [0, 0.05) is 5.56 Å². The van der Waals surface area contributed by atoms with Gasteiger partial charge in [-0.15, -0.1) is 0 Å². The zero-order valence-electron chi connectivity index (χ0n) is 19.6. The van der Waals surface area contributed by atoms with E-state index in [9.17, 15) is 19.2 Å². The number of esters is 1. The Hall–Kier alpha value is -3.00. The van der Waals surface area contributed by atoms with Crippen LogP contribution in [0, 0.1) is 0 Å². The molecule has 36 heavy (non-hydrogen) atoms. The van der Waals surface area contributed by atoms with E-state index in [1.165, 1.54) is 60.9 Å². The molecule has 4 rings (SSSR count). The van der Waals surface area contributed by atoms with Crippen molar-refractivity contribution in [1.29, 1.82) is 0 Å². The summed E-state index contributed by atoms with van der Waals surface area (Å²) in [5.41, 5.74) is 2.25. The fraction of sp³-hybridized carbons (Fsp3) is 0.333. The van der Waals surface area contributed by atoms with E-state index in [0.717, 1.165) is 24.2 Å². The summed E-state index contributed by atoms with van der Waals surface area (Å²) in [5, 5.41) is 3.76. The van der Waals surface area contributed by atoms with Crippen molar-refractivity contribution in [3.05, 3.63) is 75.3 Å². The Balaban J connectivity index is 1.30. The average molecular weight is 529 g/mol. The van der Waals surface area contributed by atoms with Crippen molar-refractivity contribution >= 4 is 52.5 Å². The van der Waals surface area contributed by atoms with E-state index >= 15 is 0 Å². The van der Waals surface area contributed by atoms with Gasteiger partial charge in [0.2, 0.25) is 5.91 Å². The van der Waals surface area contributed by atoms with E-state index in [1.54, 1.807) is 0 Å². The molecule has 0 radical (unpaired) electrons. The second-order valence-corrected chi connectivity index (χ2v) is 9.63. The summed E-state index contributed by atoms with van der Waals surface area (Å²) < 4.78 is 5.11. The van der Waals surface area contributed by atoms with Crippen LogP contribution in [-0.2, 0) is 14.3 Å². The first-order valence-electron chi connectivity index (χ1n) is 11.9. The lowest BCUT2D eigenvalue weighted by molar-refractivity contribution is -0.121. The summed E-state index contributed by atoms with van der Waals surface area (Å²) >= 11 is 11.8. The molecule has 9 heteroatoms. The number of anilines is 1. The van der Waals surface area contributed by atoms with Crippen LogP contribution in [0.3, 0.4) is 0 Å². The largest absolute Gasteiger partial charge is 0.454 e. The number of nitrogens with one attached hydrogen (secondary N) is 1. The van der Waals surface area contributed by atoms with E-state index in [-0.39, 0.29) is 34.4 Å². The first-order valence-corrected chi connectivity index (χ1v) is 12.6. The maximum atomic E-state index is 12.9. The molecule has 2 amide bonds. The number of carbonyl (C=O) groups is 4. The zero-order chi connectivity index (χ0) is 25.7. The second kappa shape index (κ2) is 11.8. The molecule has 1 heterocycles. The molecule has 1 unspecified atom stereocenters. The fourth-order valence-electron chi connectivity index (χ4n) is 4.32. The van der Waals surface area contributed by atoms with E-state index in [4.69, 9.17) is 27.9 Å². The Bertz CT molecular complexity index is 1210. The monoisotopic (exact) mass is 528 g/mol. The summed E-state index contributed by atoms with van der Waals surface area (Å²) in [7, 11) is 0. The lowest BCUT2D eigenvalue weighted by atomic mass is 9.97. The number of allylic oxidation sites excluding steroid dienone is 1. The zero-order valence-corrected chi connectivity index (χ0v) is 21.1. The van der Waals surface area contributed by atoms with Crippen molar-refractivity contribution < 1.29 is 23.9 Å². The topological polar surface area (TPSA) is 92.8 Å². The lowest BCUT2D eigenvalue weighted by Gasteiger charge is -2.17. The molecule has 7 nitrogen and oxygen atoms in total. The third-order valence-corrected chi connectivity index (χ3v) is 7.04. The first-order chi connectivity index (χ1) is 17.3. The molecule has 1 N–H and O–H groups in total. The summed E-state index contributed by atoms with van der Waals surface area (Å²) in [6.07, 6.45) is 7.90. The van der Waals surface area contributed by atoms with Crippen LogP contribution in [0.1, 0.15) is 59.2 Å². The van der Waals surface area contributed by atoms with Crippen LogP contribution in [0.5, 0.6) is 0 Å². The molecule has 2 aromatic rings. The maximum absolute atomic E-state index is 12.9. The highest BCUT2D eigenvalue weighted by Crippen LogP contribution is 2.25. The van der Waals surface area contributed by atoms with Crippen LogP contribution < -0.4 is 10.2 Å². The highest BCUT2D eigenvalue weighted by molar-refractivity contribution is 6.42. The maximum Gasteiger partial charge on any atom is 0.338 e. The molecule has 1 aliphatic carbocycles. The molecular formula is C27H26Cl2N2O5. The van der Waals surface area contributed by atoms with E-state index in [0.29, 0.717) is 17.3 Å². The predicted octanol–water partition coefficient (Wildman–Crippen LogP) is 5.15. The normalized spacial score (nSPS) is 17.8. The number of ketones is 1. The fourth-order valence-corrected chi connectivity index (χ4v) is 4.61. The van der Waals surface area contributed by atoms with Crippen LogP contribution in [0.15, 0.2) is 54.1 Å². The Labute approximate surface area is 219 Å². The Kier molecular flexibility index (Phi) is 8.56. The molecule has 1 saturated heterocycles. The molecule has 0 spiro atoms. The molecule has 0 bridgehead atoms. The van der Waals surface area contributed by atoms with Gasteiger partial charge in [-0.25, -0.2) is 9.69 Å². The molecule has 188 valence electrons. The van der Waals surface area contributed by atoms with Crippen LogP contribution >= 0.6 is 23.2 Å². The van der Waals surface area contributed by atoms with Crippen molar-refractivity contribution in [2.75, 3.05) is 18.1 Å². The van der Waals surface area contributed by atoms with Gasteiger partial charge in [-0.05, 0) is 81.1 Å². The number of imide groups is 1. The van der Waals surface area contributed by atoms with E-state index in [1.807, 2.05) is 0 Å². The number of amides is 2. The number of ether oxygens (including phenoxy) is 1. The average Bonchev–Trinajstić information content (AvgIpc) is 3.17. The van der Waals surface area contributed by atoms with E-state index < -0.39 is 24.4 Å². The minimum absolute atomic E-state index is 0.0957. The smallest absolute Gasteiger partial charge is 0.338 e.